The molecular weight excluding hydrogens is 410 g/mol. The molecule has 150 valence electrons. The maximum atomic E-state index is 12.7. The normalized spacial score (nSPS) is 12.1. The Balaban J connectivity index is 2.40. The molecule has 2 rings (SSSR count). The fourth-order valence-electron chi connectivity index (χ4n) is 2.56. The number of nitrogens with one attached hydrogen (secondary N) is 1. The monoisotopic (exact) mass is 427 g/mol. The Kier molecular flexibility index (Phi) is 6.47. The van der Waals surface area contributed by atoms with Crippen LogP contribution in [0.5, 0.6) is 5.75 Å². The van der Waals surface area contributed by atoms with Crippen LogP contribution in [-0.2, 0) is 14.8 Å². The second kappa shape index (κ2) is 8.44. The first kappa shape index (κ1) is 21.5. The van der Waals surface area contributed by atoms with Crippen LogP contribution < -0.4 is 14.4 Å². The molecule has 0 bridgehead atoms. The molecular formula is C17H18ClN3O6S. The van der Waals surface area contributed by atoms with E-state index in [0.29, 0.717) is 0 Å². The third kappa shape index (κ3) is 4.90. The van der Waals surface area contributed by atoms with E-state index >= 15 is 0 Å². The summed E-state index contributed by atoms with van der Waals surface area (Å²) < 4.78 is 30.9. The maximum Gasteiger partial charge on any atom is 0.271 e. The predicted molar refractivity (Wildman–Crippen MR) is 107 cm³/mol. The molecule has 0 radical (unpaired) electrons. The number of carbonyl (C=O) groups excluding carboxylic acids is 1. The molecule has 2 aromatic rings. The molecule has 2 aromatic carbocycles. The van der Waals surface area contributed by atoms with Crippen molar-refractivity contribution in [2.75, 3.05) is 23.0 Å². The summed E-state index contributed by atoms with van der Waals surface area (Å²) in [7, 11) is -2.54. The van der Waals surface area contributed by atoms with Crippen molar-refractivity contribution in [3.05, 3.63) is 57.6 Å². The van der Waals surface area contributed by atoms with Gasteiger partial charge in [0, 0.05) is 22.8 Å². The van der Waals surface area contributed by atoms with Crippen molar-refractivity contribution in [3.63, 3.8) is 0 Å². The van der Waals surface area contributed by atoms with Crippen LogP contribution in [0.2, 0.25) is 5.02 Å². The number of anilines is 2. The third-order valence-electron chi connectivity index (χ3n) is 3.79. The largest absolute Gasteiger partial charge is 0.495 e. The average molecular weight is 428 g/mol. The Labute approximate surface area is 167 Å². The van der Waals surface area contributed by atoms with Crippen molar-refractivity contribution in [3.8, 4) is 5.75 Å². The third-order valence-corrected chi connectivity index (χ3v) is 5.25. The lowest BCUT2D eigenvalue weighted by molar-refractivity contribution is -0.384. The van der Waals surface area contributed by atoms with Crippen LogP contribution >= 0.6 is 11.6 Å². The van der Waals surface area contributed by atoms with Gasteiger partial charge in [-0.15, -0.1) is 0 Å². The Morgan fingerprint density at radius 1 is 1.29 bits per heavy atom. The van der Waals surface area contributed by atoms with E-state index in [0.717, 1.165) is 10.6 Å². The van der Waals surface area contributed by atoms with Gasteiger partial charge >= 0.3 is 0 Å². The Bertz CT molecular complexity index is 1010. The number of nitro benzene ring substituents is 1. The number of carbonyl (C=O) groups is 1. The lowest BCUT2D eigenvalue weighted by Crippen LogP contribution is -2.45. The first-order valence-electron chi connectivity index (χ1n) is 7.93. The summed E-state index contributed by atoms with van der Waals surface area (Å²) in [6.07, 6.45) is 0.949. The van der Waals surface area contributed by atoms with Crippen LogP contribution in [0, 0.1) is 10.1 Å². The molecule has 0 saturated heterocycles. The summed E-state index contributed by atoms with van der Waals surface area (Å²) in [4.78, 5) is 23.0. The van der Waals surface area contributed by atoms with Gasteiger partial charge in [0.1, 0.15) is 11.8 Å². The fraction of sp³-hybridized carbons (Fsp3) is 0.235. The van der Waals surface area contributed by atoms with E-state index in [1.807, 2.05) is 0 Å². The van der Waals surface area contributed by atoms with E-state index in [2.05, 4.69) is 5.32 Å². The first-order valence-corrected chi connectivity index (χ1v) is 10.2. The quantitative estimate of drug-likeness (QED) is 0.535. The van der Waals surface area contributed by atoms with E-state index in [1.54, 1.807) is 0 Å². The molecule has 0 aliphatic carbocycles. The van der Waals surface area contributed by atoms with E-state index < -0.39 is 26.9 Å². The minimum absolute atomic E-state index is 0.0965. The van der Waals surface area contributed by atoms with Crippen LogP contribution in [0.3, 0.4) is 0 Å². The molecule has 0 spiro atoms. The van der Waals surface area contributed by atoms with Crippen molar-refractivity contribution >= 4 is 44.6 Å². The van der Waals surface area contributed by atoms with E-state index in [9.17, 15) is 23.3 Å². The minimum atomic E-state index is -3.90. The van der Waals surface area contributed by atoms with Crippen LogP contribution in [0.4, 0.5) is 17.1 Å². The average Bonchev–Trinajstić information content (AvgIpc) is 2.61. The number of hydrogen-bond donors (Lipinski definition) is 1. The molecule has 0 unspecified atom stereocenters. The molecule has 9 nitrogen and oxygen atoms in total. The van der Waals surface area contributed by atoms with E-state index in [-0.39, 0.29) is 27.8 Å². The van der Waals surface area contributed by atoms with Crippen molar-refractivity contribution < 1.29 is 22.9 Å². The van der Waals surface area contributed by atoms with Gasteiger partial charge in [0.2, 0.25) is 15.9 Å². The van der Waals surface area contributed by atoms with Gasteiger partial charge in [-0.2, -0.15) is 0 Å². The number of rotatable bonds is 7. The summed E-state index contributed by atoms with van der Waals surface area (Å²) in [6.45, 7) is 1.38. The van der Waals surface area contributed by atoms with Gasteiger partial charge in [0.05, 0.1) is 24.0 Å². The maximum absolute atomic E-state index is 12.7. The number of nitro groups is 1. The van der Waals surface area contributed by atoms with Gasteiger partial charge in [0.25, 0.3) is 5.69 Å². The molecule has 0 heterocycles. The molecule has 0 aromatic heterocycles. The first-order chi connectivity index (χ1) is 13.0. The highest BCUT2D eigenvalue weighted by molar-refractivity contribution is 7.92. The second-order valence-corrected chi connectivity index (χ2v) is 8.14. The van der Waals surface area contributed by atoms with Gasteiger partial charge in [0.15, 0.2) is 0 Å². The van der Waals surface area contributed by atoms with Crippen LogP contribution in [0.25, 0.3) is 0 Å². The smallest absolute Gasteiger partial charge is 0.271 e. The lowest BCUT2D eigenvalue weighted by atomic mass is 10.2. The molecule has 0 aliphatic rings. The number of benzene rings is 2. The van der Waals surface area contributed by atoms with Gasteiger partial charge in [-0.25, -0.2) is 8.42 Å². The Morgan fingerprint density at radius 3 is 2.54 bits per heavy atom. The van der Waals surface area contributed by atoms with Gasteiger partial charge in [-0.1, -0.05) is 17.7 Å². The minimum Gasteiger partial charge on any atom is -0.495 e. The topological polar surface area (TPSA) is 119 Å². The Morgan fingerprint density at radius 2 is 1.96 bits per heavy atom. The molecule has 1 atom stereocenters. The highest BCUT2D eigenvalue weighted by Gasteiger charge is 2.31. The number of methoxy groups -OCH3 is 1. The van der Waals surface area contributed by atoms with Crippen molar-refractivity contribution in [2.45, 2.75) is 13.0 Å². The molecule has 28 heavy (non-hydrogen) atoms. The number of non-ortho nitro benzene ring substituents is 1. The number of nitrogens with zero attached hydrogens (tertiary/aromatic N) is 2. The van der Waals surface area contributed by atoms with E-state index in [4.69, 9.17) is 16.3 Å². The summed E-state index contributed by atoms with van der Waals surface area (Å²) in [5.74, 6) is -0.474. The number of sulfonamides is 1. The summed E-state index contributed by atoms with van der Waals surface area (Å²) in [5, 5.41) is 13.6. The SMILES string of the molecule is COc1ccc(Cl)cc1N([C@H](C)C(=O)Nc1cccc([N+](=O)[O-])c1)S(C)(=O)=O. The predicted octanol–water partition coefficient (Wildman–Crippen LogP) is 3.05. The Hall–Kier alpha value is -2.85. The summed E-state index contributed by atoms with van der Waals surface area (Å²) in [6, 6.07) is 8.52. The van der Waals surface area contributed by atoms with Crippen LogP contribution in [0.15, 0.2) is 42.5 Å². The van der Waals surface area contributed by atoms with Gasteiger partial charge < -0.3 is 10.1 Å². The van der Waals surface area contributed by atoms with Crippen molar-refractivity contribution in [1.29, 1.82) is 0 Å². The molecule has 0 aliphatic heterocycles. The highest BCUT2D eigenvalue weighted by atomic mass is 35.5. The standard InChI is InChI=1S/C17H18ClN3O6S/c1-11(17(22)19-13-5-4-6-14(10-13)21(23)24)20(28(3,25)26)15-9-12(18)7-8-16(15)27-2/h4-11H,1-3H3,(H,19,22)/t11-/m1/s1. The molecule has 0 saturated carbocycles. The number of amides is 1. The molecule has 1 N–H and O–H groups in total. The summed E-state index contributed by atoms with van der Waals surface area (Å²) >= 11 is 5.99. The zero-order valence-corrected chi connectivity index (χ0v) is 16.8. The lowest BCUT2D eigenvalue weighted by Gasteiger charge is -2.29. The van der Waals surface area contributed by atoms with Gasteiger partial charge in [-0.3, -0.25) is 19.2 Å². The van der Waals surface area contributed by atoms with Crippen LogP contribution in [0.1, 0.15) is 6.92 Å². The van der Waals surface area contributed by atoms with Crippen LogP contribution in [-0.4, -0.2) is 38.7 Å². The van der Waals surface area contributed by atoms with Gasteiger partial charge in [-0.05, 0) is 31.2 Å². The second-order valence-electron chi connectivity index (χ2n) is 5.85. The fourth-order valence-corrected chi connectivity index (χ4v) is 3.90. The van der Waals surface area contributed by atoms with Crippen molar-refractivity contribution in [2.24, 2.45) is 0 Å². The zero-order valence-electron chi connectivity index (χ0n) is 15.2. The van der Waals surface area contributed by atoms with E-state index in [1.165, 1.54) is 56.5 Å². The number of hydrogen-bond acceptors (Lipinski definition) is 6. The number of halogens is 1. The molecule has 1 amide bonds. The van der Waals surface area contributed by atoms with Crippen molar-refractivity contribution in [1.82, 2.24) is 0 Å². The highest BCUT2D eigenvalue weighted by Crippen LogP contribution is 2.34. The number of ether oxygens (including phenoxy) is 1. The molecule has 11 heteroatoms. The molecule has 0 fully saturated rings. The zero-order chi connectivity index (χ0) is 21.1. The summed E-state index contributed by atoms with van der Waals surface area (Å²) in [5.41, 5.74) is 0.0543.